The number of hydrogen-bond acceptors (Lipinski definition) is 4. The summed E-state index contributed by atoms with van der Waals surface area (Å²) in [5.74, 6) is -0.0954. The Balaban J connectivity index is 1.81. The molecule has 1 heterocycles. The van der Waals surface area contributed by atoms with Gasteiger partial charge in [-0.25, -0.2) is 0 Å². The van der Waals surface area contributed by atoms with Crippen molar-refractivity contribution in [2.45, 2.75) is 31.0 Å². The lowest BCUT2D eigenvalue weighted by Gasteiger charge is -2.35. The predicted octanol–water partition coefficient (Wildman–Crippen LogP) is 1.04. The van der Waals surface area contributed by atoms with Gasteiger partial charge in [-0.05, 0) is 24.3 Å². The lowest BCUT2D eigenvalue weighted by atomic mass is 9.89. The topological polar surface area (TPSA) is 64.3 Å². The highest BCUT2D eigenvalue weighted by Gasteiger charge is 2.31. The van der Waals surface area contributed by atoms with E-state index in [4.69, 9.17) is 10.5 Å². The lowest BCUT2D eigenvalue weighted by Crippen LogP contribution is -2.49. The molecule has 1 atom stereocenters. The van der Waals surface area contributed by atoms with Crippen molar-refractivity contribution in [1.82, 2.24) is 5.32 Å². The number of carbonyl (C=O) groups is 1. The number of carbonyl (C=O) groups excluding carboxylic acids is 1. The summed E-state index contributed by atoms with van der Waals surface area (Å²) in [4.78, 5) is 12.7. The number of ether oxygens (including phenoxy) is 1. The van der Waals surface area contributed by atoms with Crippen LogP contribution in [0.15, 0.2) is 17.5 Å². The minimum absolute atomic E-state index is 0.0954. The number of hydrogen-bond donors (Lipinski definition) is 2. The first-order valence-electron chi connectivity index (χ1n) is 5.33. The molecule has 1 aliphatic carbocycles. The number of rotatable bonds is 4. The van der Waals surface area contributed by atoms with Crippen LogP contribution in [-0.2, 0) is 9.53 Å². The Labute approximate surface area is 98.8 Å². The highest BCUT2D eigenvalue weighted by Crippen LogP contribution is 2.24. The van der Waals surface area contributed by atoms with Crippen LogP contribution in [0.25, 0.3) is 0 Å². The van der Waals surface area contributed by atoms with Gasteiger partial charge in [-0.15, -0.1) is 11.3 Å². The minimum atomic E-state index is -0.540. The fourth-order valence-electron chi connectivity index (χ4n) is 1.76. The van der Waals surface area contributed by atoms with Gasteiger partial charge in [-0.1, -0.05) is 6.07 Å². The van der Waals surface area contributed by atoms with E-state index in [0.717, 1.165) is 17.7 Å². The van der Waals surface area contributed by atoms with E-state index in [2.05, 4.69) is 5.32 Å². The molecule has 5 heteroatoms. The Hall–Kier alpha value is -0.910. The molecule has 0 saturated heterocycles. The Morgan fingerprint density at radius 1 is 1.69 bits per heavy atom. The summed E-state index contributed by atoms with van der Waals surface area (Å²) in [5, 5.41) is 4.85. The third-order valence-electron chi connectivity index (χ3n) is 2.91. The van der Waals surface area contributed by atoms with Crippen LogP contribution in [0.3, 0.4) is 0 Å². The van der Waals surface area contributed by atoms with Gasteiger partial charge in [-0.3, -0.25) is 4.79 Å². The highest BCUT2D eigenvalue weighted by molar-refractivity contribution is 7.10. The van der Waals surface area contributed by atoms with Crippen molar-refractivity contribution in [3.8, 4) is 0 Å². The van der Waals surface area contributed by atoms with Gasteiger partial charge in [0, 0.05) is 18.0 Å². The van der Waals surface area contributed by atoms with Crippen molar-refractivity contribution in [3.05, 3.63) is 22.4 Å². The molecule has 0 bridgehead atoms. The van der Waals surface area contributed by atoms with Crippen LogP contribution in [0.4, 0.5) is 0 Å². The van der Waals surface area contributed by atoms with E-state index in [1.807, 2.05) is 17.5 Å². The Kier molecular flexibility index (Phi) is 3.58. The van der Waals surface area contributed by atoms with Crippen LogP contribution in [0.1, 0.15) is 23.8 Å². The average Bonchev–Trinajstić information content (AvgIpc) is 2.74. The maximum atomic E-state index is 11.8. The quantitative estimate of drug-likeness (QED) is 0.826. The number of nitrogens with two attached hydrogens (primary N) is 1. The van der Waals surface area contributed by atoms with Gasteiger partial charge in [0.15, 0.2) is 0 Å². The summed E-state index contributed by atoms with van der Waals surface area (Å²) in [5.41, 5.74) is 5.84. The normalized spacial score (nSPS) is 25.9. The molecular formula is C11H16N2O2S. The van der Waals surface area contributed by atoms with Gasteiger partial charge in [0.05, 0.1) is 6.10 Å². The molecule has 1 aliphatic rings. The van der Waals surface area contributed by atoms with Crippen molar-refractivity contribution < 1.29 is 9.53 Å². The Morgan fingerprint density at radius 3 is 3.00 bits per heavy atom. The molecular weight excluding hydrogens is 224 g/mol. The Morgan fingerprint density at radius 2 is 2.44 bits per heavy atom. The van der Waals surface area contributed by atoms with Crippen LogP contribution in [0.2, 0.25) is 0 Å². The predicted molar refractivity (Wildman–Crippen MR) is 63.2 cm³/mol. The molecule has 16 heavy (non-hydrogen) atoms. The van der Waals surface area contributed by atoms with E-state index in [0.29, 0.717) is 6.10 Å². The first-order chi connectivity index (χ1) is 7.70. The number of amides is 1. The lowest BCUT2D eigenvalue weighted by molar-refractivity contribution is -0.124. The number of thiophene rings is 1. The second kappa shape index (κ2) is 4.95. The summed E-state index contributed by atoms with van der Waals surface area (Å²) in [6.07, 6.45) is 2.07. The van der Waals surface area contributed by atoms with E-state index < -0.39 is 6.04 Å². The van der Waals surface area contributed by atoms with Crippen LogP contribution in [0.5, 0.6) is 0 Å². The molecule has 0 aromatic carbocycles. The second-order valence-electron chi connectivity index (χ2n) is 4.03. The second-order valence-corrected chi connectivity index (χ2v) is 5.01. The summed E-state index contributed by atoms with van der Waals surface area (Å²) in [7, 11) is 1.69. The van der Waals surface area contributed by atoms with Gasteiger partial charge in [0.1, 0.15) is 6.04 Å². The molecule has 1 aromatic heterocycles. The standard InChI is InChI=1S/C11H16N2O2S/c1-15-8-5-7(6-8)13-11(14)10(12)9-3-2-4-16-9/h2-4,7-8,10H,5-6,12H2,1H3,(H,13,14). The molecule has 0 spiro atoms. The van der Waals surface area contributed by atoms with E-state index in [9.17, 15) is 4.79 Å². The van der Waals surface area contributed by atoms with Crippen LogP contribution in [0, 0.1) is 0 Å². The molecule has 2 rings (SSSR count). The smallest absolute Gasteiger partial charge is 0.242 e. The number of nitrogens with one attached hydrogen (secondary N) is 1. The molecule has 1 unspecified atom stereocenters. The average molecular weight is 240 g/mol. The van der Waals surface area contributed by atoms with Gasteiger partial charge >= 0.3 is 0 Å². The van der Waals surface area contributed by atoms with Crippen LogP contribution < -0.4 is 11.1 Å². The van der Waals surface area contributed by atoms with Crippen molar-refractivity contribution in [1.29, 1.82) is 0 Å². The first-order valence-corrected chi connectivity index (χ1v) is 6.21. The molecule has 3 N–H and O–H groups in total. The molecule has 0 radical (unpaired) electrons. The van der Waals surface area contributed by atoms with Crippen molar-refractivity contribution in [2.75, 3.05) is 7.11 Å². The molecule has 1 saturated carbocycles. The van der Waals surface area contributed by atoms with Crippen LogP contribution >= 0.6 is 11.3 Å². The largest absolute Gasteiger partial charge is 0.381 e. The summed E-state index contributed by atoms with van der Waals surface area (Å²) >= 11 is 1.51. The van der Waals surface area contributed by atoms with Crippen molar-refractivity contribution in [2.24, 2.45) is 5.73 Å². The fourth-order valence-corrected chi connectivity index (χ4v) is 2.49. The highest BCUT2D eigenvalue weighted by atomic mass is 32.1. The van der Waals surface area contributed by atoms with Gasteiger partial charge in [-0.2, -0.15) is 0 Å². The summed E-state index contributed by atoms with van der Waals surface area (Å²) in [6, 6.07) is 3.47. The molecule has 1 fully saturated rings. The first kappa shape index (κ1) is 11.6. The van der Waals surface area contributed by atoms with E-state index >= 15 is 0 Å². The van der Waals surface area contributed by atoms with Gasteiger partial charge in [0.25, 0.3) is 0 Å². The SMILES string of the molecule is COC1CC(NC(=O)C(N)c2cccs2)C1. The van der Waals surface area contributed by atoms with E-state index in [-0.39, 0.29) is 11.9 Å². The molecule has 88 valence electrons. The monoisotopic (exact) mass is 240 g/mol. The fraction of sp³-hybridized carbons (Fsp3) is 0.545. The van der Waals surface area contributed by atoms with E-state index in [1.165, 1.54) is 11.3 Å². The maximum absolute atomic E-state index is 11.8. The third kappa shape index (κ3) is 2.42. The van der Waals surface area contributed by atoms with E-state index in [1.54, 1.807) is 7.11 Å². The molecule has 1 amide bonds. The zero-order valence-corrected chi connectivity index (χ0v) is 10.00. The van der Waals surface area contributed by atoms with Gasteiger partial charge in [0.2, 0.25) is 5.91 Å². The van der Waals surface area contributed by atoms with Gasteiger partial charge < -0.3 is 15.8 Å². The number of methoxy groups -OCH3 is 1. The zero-order valence-electron chi connectivity index (χ0n) is 9.18. The van der Waals surface area contributed by atoms with Crippen LogP contribution in [-0.4, -0.2) is 25.2 Å². The van der Waals surface area contributed by atoms with Crippen molar-refractivity contribution in [3.63, 3.8) is 0 Å². The maximum Gasteiger partial charge on any atom is 0.242 e. The third-order valence-corrected chi connectivity index (χ3v) is 3.86. The van der Waals surface area contributed by atoms with Crippen molar-refractivity contribution >= 4 is 17.2 Å². The molecule has 0 aliphatic heterocycles. The summed E-state index contributed by atoms with van der Waals surface area (Å²) < 4.78 is 5.15. The Bertz CT molecular complexity index is 347. The zero-order chi connectivity index (χ0) is 11.5. The minimum Gasteiger partial charge on any atom is -0.381 e. The summed E-state index contributed by atoms with van der Waals surface area (Å²) in [6.45, 7) is 0. The molecule has 1 aromatic rings. The molecule has 4 nitrogen and oxygen atoms in total.